The molecule has 0 unspecified atom stereocenters. The maximum absolute atomic E-state index is 12.0. The summed E-state index contributed by atoms with van der Waals surface area (Å²) in [7, 11) is 0. The minimum Gasteiger partial charge on any atom is -0.485 e. The Kier molecular flexibility index (Phi) is 4.38. The molecule has 0 aliphatic heterocycles. The minimum atomic E-state index is 0.0452. The summed E-state index contributed by atoms with van der Waals surface area (Å²) in [5.74, 6) is 0.807. The minimum absolute atomic E-state index is 0.0452. The summed E-state index contributed by atoms with van der Waals surface area (Å²) in [6, 6.07) is 9.88. The van der Waals surface area contributed by atoms with E-state index in [-0.39, 0.29) is 12.4 Å². The average molecular weight is 274 g/mol. The highest BCUT2D eigenvalue weighted by Gasteiger charge is 2.10. The Labute approximate surface area is 118 Å². The van der Waals surface area contributed by atoms with E-state index < -0.39 is 0 Å². The monoisotopic (exact) mass is 274 g/mol. The van der Waals surface area contributed by atoms with Crippen LogP contribution in [-0.2, 0) is 6.42 Å². The SMILES string of the molecule is CCc1ccc(C(=O)COc2cc(C)cc(C)c2)s1. The molecule has 0 fully saturated rings. The van der Waals surface area contributed by atoms with E-state index in [4.69, 9.17) is 4.74 Å². The molecular formula is C16H18O2S. The molecule has 1 aromatic heterocycles. The number of hydrogen-bond donors (Lipinski definition) is 0. The molecule has 0 saturated carbocycles. The van der Waals surface area contributed by atoms with Crippen molar-refractivity contribution in [3.63, 3.8) is 0 Å². The molecule has 0 N–H and O–H groups in total. The van der Waals surface area contributed by atoms with Gasteiger partial charge in [-0.1, -0.05) is 13.0 Å². The summed E-state index contributed by atoms with van der Waals surface area (Å²) in [5.41, 5.74) is 2.29. The van der Waals surface area contributed by atoms with E-state index in [0.717, 1.165) is 28.2 Å². The van der Waals surface area contributed by atoms with E-state index in [0.29, 0.717) is 0 Å². The first-order valence-electron chi connectivity index (χ1n) is 6.41. The van der Waals surface area contributed by atoms with Gasteiger partial charge in [-0.2, -0.15) is 0 Å². The van der Waals surface area contributed by atoms with E-state index in [2.05, 4.69) is 13.0 Å². The number of hydrogen-bond acceptors (Lipinski definition) is 3. The van der Waals surface area contributed by atoms with Crippen molar-refractivity contribution in [1.82, 2.24) is 0 Å². The fraction of sp³-hybridized carbons (Fsp3) is 0.312. The van der Waals surface area contributed by atoms with Crippen LogP contribution in [0.15, 0.2) is 30.3 Å². The van der Waals surface area contributed by atoms with Crippen molar-refractivity contribution in [2.24, 2.45) is 0 Å². The second-order valence-electron chi connectivity index (χ2n) is 4.65. The Balaban J connectivity index is 2.00. The fourth-order valence-electron chi connectivity index (χ4n) is 1.95. The Hall–Kier alpha value is -1.61. The van der Waals surface area contributed by atoms with Crippen LogP contribution >= 0.6 is 11.3 Å². The predicted molar refractivity (Wildman–Crippen MR) is 79.4 cm³/mol. The summed E-state index contributed by atoms with van der Waals surface area (Å²) < 4.78 is 5.58. The van der Waals surface area contributed by atoms with Gasteiger partial charge >= 0.3 is 0 Å². The number of rotatable bonds is 5. The van der Waals surface area contributed by atoms with Crippen LogP contribution in [-0.4, -0.2) is 12.4 Å². The zero-order valence-electron chi connectivity index (χ0n) is 11.5. The van der Waals surface area contributed by atoms with Gasteiger partial charge in [0, 0.05) is 4.88 Å². The highest BCUT2D eigenvalue weighted by molar-refractivity contribution is 7.14. The van der Waals surface area contributed by atoms with Crippen molar-refractivity contribution >= 4 is 17.1 Å². The molecule has 0 amide bonds. The number of carbonyl (C=O) groups excluding carboxylic acids is 1. The van der Waals surface area contributed by atoms with Crippen molar-refractivity contribution in [3.05, 3.63) is 51.2 Å². The van der Waals surface area contributed by atoms with Gasteiger partial charge in [0.1, 0.15) is 5.75 Å². The Bertz CT molecular complexity index is 564. The summed E-state index contributed by atoms with van der Waals surface area (Å²) >= 11 is 1.55. The van der Waals surface area contributed by atoms with Crippen molar-refractivity contribution in [3.8, 4) is 5.75 Å². The van der Waals surface area contributed by atoms with Crippen LogP contribution < -0.4 is 4.74 Å². The molecule has 0 atom stereocenters. The average Bonchev–Trinajstić information content (AvgIpc) is 2.83. The van der Waals surface area contributed by atoms with Crippen LogP contribution in [0, 0.1) is 13.8 Å². The maximum Gasteiger partial charge on any atom is 0.210 e. The van der Waals surface area contributed by atoms with Crippen LogP contribution in [0.3, 0.4) is 0 Å². The number of ether oxygens (including phenoxy) is 1. The molecule has 1 aromatic carbocycles. The highest BCUT2D eigenvalue weighted by atomic mass is 32.1. The summed E-state index contributed by atoms with van der Waals surface area (Å²) in [6.45, 7) is 6.24. The molecule has 3 heteroatoms. The first kappa shape index (κ1) is 13.8. The molecule has 2 rings (SSSR count). The fourth-order valence-corrected chi connectivity index (χ4v) is 2.83. The summed E-state index contributed by atoms with van der Waals surface area (Å²) in [5, 5.41) is 0. The largest absolute Gasteiger partial charge is 0.485 e. The number of aryl methyl sites for hydroxylation is 3. The molecule has 1 heterocycles. The van der Waals surface area contributed by atoms with Gasteiger partial charge in [0.2, 0.25) is 5.78 Å². The van der Waals surface area contributed by atoms with E-state index in [1.165, 1.54) is 4.88 Å². The zero-order chi connectivity index (χ0) is 13.8. The predicted octanol–water partition coefficient (Wildman–Crippen LogP) is 4.19. The number of ketones is 1. The van der Waals surface area contributed by atoms with Crippen molar-refractivity contribution < 1.29 is 9.53 Å². The lowest BCUT2D eigenvalue weighted by Gasteiger charge is -2.06. The Morgan fingerprint density at radius 2 is 1.84 bits per heavy atom. The molecule has 0 saturated heterocycles. The lowest BCUT2D eigenvalue weighted by atomic mass is 10.1. The first-order valence-corrected chi connectivity index (χ1v) is 7.23. The smallest absolute Gasteiger partial charge is 0.210 e. The van der Waals surface area contributed by atoms with Gasteiger partial charge in [-0.3, -0.25) is 4.79 Å². The molecular weight excluding hydrogens is 256 g/mol. The van der Waals surface area contributed by atoms with Gasteiger partial charge in [0.15, 0.2) is 6.61 Å². The molecule has 0 radical (unpaired) electrons. The van der Waals surface area contributed by atoms with Gasteiger partial charge in [-0.25, -0.2) is 0 Å². The molecule has 0 spiro atoms. The first-order chi connectivity index (χ1) is 9.08. The van der Waals surface area contributed by atoms with E-state index in [1.807, 2.05) is 38.1 Å². The lowest BCUT2D eigenvalue weighted by molar-refractivity contribution is 0.0925. The second kappa shape index (κ2) is 6.02. The molecule has 100 valence electrons. The number of benzene rings is 1. The van der Waals surface area contributed by atoms with E-state index in [9.17, 15) is 4.79 Å². The van der Waals surface area contributed by atoms with Crippen molar-refractivity contribution in [2.45, 2.75) is 27.2 Å². The Morgan fingerprint density at radius 3 is 2.42 bits per heavy atom. The highest BCUT2D eigenvalue weighted by Crippen LogP contribution is 2.19. The van der Waals surface area contributed by atoms with Gasteiger partial charge in [-0.15, -0.1) is 11.3 Å². The van der Waals surface area contributed by atoms with Crippen LogP contribution in [0.2, 0.25) is 0 Å². The normalized spacial score (nSPS) is 10.5. The molecule has 19 heavy (non-hydrogen) atoms. The van der Waals surface area contributed by atoms with Gasteiger partial charge in [0.25, 0.3) is 0 Å². The molecule has 0 aliphatic carbocycles. The quantitative estimate of drug-likeness (QED) is 0.764. The third-order valence-corrected chi connectivity index (χ3v) is 4.12. The maximum atomic E-state index is 12.0. The van der Waals surface area contributed by atoms with Crippen molar-refractivity contribution in [2.75, 3.05) is 6.61 Å². The van der Waals surface area contributed by atoms with Crippen LogP contribution in [0.4, 0.5) is 0 Å². The van der Waals surface area contributed by atoms with E-state index in [1.54, 1.807) is 11.3 Å². The molecule has 0 aliphatic rings. The topological polar surface area (TPSA) is 26.3 Å². The lowest BCUT2D eigenvalue weighted by Crippen LogP contribution is -2.10. The molecule has 2 aromatic rings. The summed E-state index contributed by atoms with van der Waals surface area (Å²) in [4.78, 5) is 14.0. The molecule has 0 bridgehead atoms. The number of Topliss-reactive ketones (excluding diaryl/α,β-unsaturated/α-hetero) is 1. The summed E-state index contributed by atoms with van der Waals surface area (Å²) in [6.07, 6.45) is 0.968. The van der Waals surface area contributed by atoms with Gasteiger partial charge in [-0.05, 0) is 55.7 Å². The number of carbonyl (C=O) groups is 1. The third kappa shape index (κ3) is 3.67. The molecule has 2 nitrogen and oxygen atoms in total. The van der Waals surface area contributed by atoms with Crippen LogP contribution in [0.25, 0.3) is 0 Å². The zero-order valence-corrected chi connectivity index (χ0v) is 12.3. The van der Waals surface area contributed by atoms with E-state index >= 15 is 0 Å². The number of thiophene rings is 1. The van der Waals surface area contributed by atoms with Gasteiger partial charge in [0.05, 0.1) is 4.88 Å². The van der Waals surface area contributed by atoms with Crippen molar-refractivity contribution in [1.29, 1.82) is 0 Å². The Morgan fingerprint density at radius 1 is 1.16 bits per heavy atom. The standard InChI is InChI=1S/C16H18O2S/c1-4-14-5-6-16(19-14)15(17)10-18-13-8-11(2)7-12(3)9-13/h5-9H,4,10H2,1-3H3. The van der Waals surface area contributed by atoms with Crippen LogP contribution in [0.1, 0.15) is 32.6 Å². The third-order valence-electron chi connectivity index (χ3n) is 2.85. The second-order valence-corrected chi connectivity index (χ2v) is 5.82. The van der Waals surface area contributed by atoms with Crippen LogP contribution in [0.5, 0.6) is 5.75 Å². The van der Waals surface area contributed by atoms with Gasteiger partial charge < -0.3 is 4.74 Å².